The summed E-state index contributed by atoms with van der Waals surface area (Å²) in [5, 5.41) is 2.82. The van der Waals surface area contributed by atoms with Crippen LogP contribution in [0.15, 0.2) is 42.5 Å². The molecule has 1 aromatic heterocycles. The highest BCUT2D eigenvalue weighted by molar-refractivity contribution is 9.07. The number of amides is 1. The second-order valence-corrected chi connectivity index (χ2v) is 10.6. The minimum absolute atomic E-state index is 0.0429. The molecule has 1 saturated heterocycles. The summed E-state index contributed by atoms with van der Waals surface area (Å²) >= 11 is 3.54. The van der Waals surface area contributed by atoms with E-state index in [0.717, 1.165) is 87.1 Å². The smallest absolute Gasteiger partial charge is 0.307 e. The average Bonchev–Trinajstić information content (AvgIpc) is 3.22. The van der Waals surface area contributed by atoms with Crippen molar-refractivity contribution in [1.29, 1.82) is 0 Å². The number of fused-ring (bicyclic) bond motifs is 1. The summed E-state index contributed by atoms with van der Waals surface area (Å²) in [6.45, 7) is 4.68. The van der Waals surface area contributed by atoms with Crippen LogP contribution in [0.4, 0.5) is 19.1 Å². The Hall–Kier alpha value is -2.43. The van der Waals surface area contributed by atoms with Crippen LogP contribution >= 0.6 is 16.1 Å². The van der Waals surface area contributed by atoms with Gasteiger partial charge >= 0.3 is 6.18 Å². The molecule has 2 aromatic carbocycles. The van der Waals surface area contributed by atoms with E-state index >= 15 is 0 Å². The van der Waals surface area contributed by atoms with Gasteiger partial charge in [-0.05, 0) is 48.7 Å². The molecule has 1 saturated carbocycles. The van der Waals surface area contributed by atoms with Gasteiger partial charge in [0.15, 0.2) is 0 Å². The second-order valence-electron chi connectivity index (χ2n) is 9.64. The van der Waals surface area contributed by atoms with Crippen LogP contribution < -0.4 is 5.32 Å². The molecular formula is C26H29BrF3N5O. The van der Waals surface area contributed by atoms with Gasteiger partial charge < -0.3 is 4.57 Å². The first kappa shape index (κ1) is 25.2. The zero-order chi connectivity index (χ0) is 25.3. The Bertz CT molecular complexity index is 1230. The third-order valence-corrected chi connectivity index (χ3v) is 7.80. The quantitative estimate of drug-likeness (QED) is 0.373. The van der Waals surface area contributed by atoms with E-state index in [-0.39, 0.29) is 11.6 Å². The van der Waals surface area contributed by atoms with Crippen LogP contribution in [0.2, 0.25) is 0 Å². The second kappa shape index (κ2) is 10.5. The van der Waals surface area contributed by atoms with Gasteiger partial charge in [-0.15, -0.1) is 0 Å². The van der Waals surface area contributed by atoms with Crippen LogP contribution in [-0.4, -0.2) is 50.5 Å². The van der Waals surface area contributed by atoms with Crippen molar-refractivity contribution in [2.75, 3.05) is 31.5 Å². The first-order valence-electron chi connectivity index (χ1n) is 12.4. The lowest BCUT2D eigenvalue weighted by atomic mass is 9.95. The largest absolute Gasteiger partial charge is 0.416 e. The van der Waals surface area contributed by atoms with Crippen LogP contribution in [0.5, 0.6) is 0 Å². The fourth-order valence-electron chi connectivity index (χ4n) is 5.19. The van der Waals surface area contributed by atoms with Gasteiger partial charge in [0.1, 0.15) is 0 Å². The number of piperazine rings is 1. The van der Waals surface area contributed by atoms with Crippen molar-refractivity contribution in [3.8, 4) is 0 Å². The molecule has 36 heavy (non-hydrogen) atoms. The third kappa shape index (κ3) is 5.60. The monoisotopic (exact) mass is 563 g/mol. The molecule has 1 aliphatic carbocycles. The number of nitrogens with zero attached hydrogens (tertiary/aromatic N) is 4. The zero-order valence-corrected chi connectivity index (χ0v) is 21.5. The molecule has 0 spiro atoms. The van der Waals surface area contributed by atoms with Crippen LogP contribution in [-0.2, 0) is 12.7 Å². The number of aromatic nitrogens is 2. The summed E-state index contributed by atoms with van der Waals surface area (Å²) in [4.78, 5) is 20.2. The van der Waals surface area contributed by atoms with Gasteiger partial charge in [0.25, 0.3) is 5.91 Å². The highest BCUT2D eigenvalue weighted by atomic mass is 79.9. The van der Waals surface area contributed by atoms with Crippen molar-refractivity contribution in [3.63, 3.8) is 0 Å². The predicted octanol–water partition coefficient (Wildman–Crippen LogP) is 6.24. The molecule has 6 nitrogen and oxygen atoms in total. The Morgan fingerprint density at radius 3 is 2.50 bits per heavy atom. The number of carbonyl (C=O) groups is 1. The number of rotatable bonds is 5. The molecule has 192 valence electrons. The molecule has 2 aliphatic rings. The number of hydrogen-bond donors (Lipinski definition) is 1. The molecule has 1 N–H and O–H groups in total. The highest BCUT2D eigenvalue weighted by Gasteiger charge is 2.31. The number of benzene rings is 2. The van der Waals surface area contributed by atoms with Gasteiger partial charge in [-0.2, -0.15) is 13.2 Å². The van der Waals surface area contributed by atoms with E-state index in [0.29, 0.717) is 5.95 Å². The standard InChI is InChI=1S/C26H29BrF3N5O/c27-34-13-11-33(12-14-34)17-18-9-10-23-22(15-18)31-25(35(23)21-7-2-1-3-8-21)32-24(36)19-5-4-6-20(16-19)26(28,29)30/h4-6,9-10,15-16,21H,1-3,7-8,11-14,17H2,(H,31,32,36). The van der Waals surface area contributed by atoms with Gasteiger partial charge in [-0.1, -0.05) is 31.4 Å². The molecule has 1 aliphatic heterocycles. The molecule has 2 fully saturated rings. The van der Waals surface area contributed by atoms with Crippen LogP contribution in [0.25, 0.3) is 11.0 Å². The Balaban J connectivity index is 1.44. The van der Waals surface area contributed by atoms with Crippen molar-refractivity contribution in [1.82, 2.24) is 18.4 Å². The van der Waals surface area contributed by atoms with E-state index in [2.05, 4.69) is 53.1 Å². The topological polar surface area (TPSA) is 53.4 Å². The number of nitrogens with one attached hydrogen (secondary N) is 1. The maximum atomic E-state index is 13.2. The van der Waals surface area contributed by atoms with Crippen LogP contribution in [0.3, 0.4) is 0 Å². The summed E-state index contributed by atoms with van der Waals surface area (Å²) in [5.74, 6) is -0.203. The Kier molecular flexibility index (Phi) is 7.37. The van der Waals surface area contributed by atoms with Crippen LogP contribution in [0.1, 0.15) is 59.6 Å². The number of carbonyl (C=O) groups excluding carboxylic acids is 1. The van der Waals surface area contributed by atoms with Gasteiger partial charge in [0.2, 0.25) is 5.95 Å². The third-order valence-electron chi connectivity index (χ3n) is 7.10. The van der Waals surface area contributed by atoms with Crippen molar-refractivity contribution >= 4 is 39.0 Å². The van der Waals surface area contributed by atoms with Crippen molar-refractivity contribution < 1.29 is 18.0 Å². The van der Waals surface area contributed by atoms with Crippen molar-refractivity contribution in [2.45, 2.75) is 50.9 Å². The number of alkyl halides is 3. The lowest BCUT2D eigenvalue weighted by Crippen LogP contribution is -2.41. The maximum absolute atomic E-state index is 13.2. The van der Waals surface area contributed by atoms with Gasteiger partial charge in [0, 0.05) is 60.5 Å². The fourth-order valence-corrected chi connectivity index (χ4v) is 5.51. The molecule has 3 aromatic rings. The van der Waals surface area contributed by atoms with E-state index < -0.39 is 17.6 Å². The molecule has 1 amide bonds. The molecular weight excluding hydrogens is 535 g/mol. The van der Waals surface area contributed by atoms with E-state index in [1.54, 1.807) is 0 Å². The molecule has 2 heterocycles. The van der Waals surface area contributed by atoms with E-state index in [4.69, 9.17) is 4.98 Å². The van der Waals surface area contributed by atoms with E-state index in [9.17, 15) is 18.0 Å². The lowest BCUT2D eigenvalue weighted by Gasteiger charge is -2.31. The van der Waals surface area contributed by atoms with E-state index in [1.807, 2.05) is 0 Å². The van der Waals surface area contributed by atoms with Gasteiger partial charge in [-0.25, -0.2) is 8.91 Å². The number of anilines is 1. The molecule has 0 unspecified atom stereocenters. The summed E-state index contributed by atoms with van der Waals surface area (Å²) in [6.07, 6.45) is 0.836. The normalized spacial score (nSPS) is 18.6. The summed E-state index contributed by atoms with van der Waals surface area (Å²) in [5.41, 5.74) is 1.99. The Morgan fingerprint density at radius 1 is 1.03 bits per heavy atom. The highest BCUT2D eigenvalue weighted by Crippen LogP contribution is 2.35. The number of imidazole rings is 1. The first-order chi connectivity index (χ1) is 17.3. The van der Waals surface area contributed by atoms with Crippen molar-refractivity contribution in [3.05, 3.63) is 59.2 Å². The van der Waals surface area contributed by atoms with Gasteiger partial charge in [0.05, 0.1) is 16.6 Å². The first-order valence-corrected chi connectivity index (χ1v) is 13.1. The SMILES string of the molecule is O=C(Nc1nc2cc(CN3CCN(Br)CC3)ccc2n1C1CCCCC1)c1cccc(C(F)(F)F)c1. The summed E-state index contributed by atoms with van der Waals surface area (Å²) < 4.78 is 43.7. The van der Waals surface area contributed by atoms with Gasteiger partial charge in [-0.3, -0.25) is 15.0 Å². The average molecular weight is 564 g/mol. The predicted molar refractivity (Wildman–Crippen MR) is 137 cm³/mol. The minimum atomic E-state index is -4.51. The molecule has 0 bridgehead atoms. The molecule has 0 atom stereocenters. The fraction of sp³-hybridized carbons (Fsp3) is 0.462. The molecule has 10 heteroatoms. The lowest BCUT2D eigenvalue weighted by molar-refractivity contribution is -0.137. The van der Waals surface area contributed by atoms with Crippen LogP contribution in [0, 0.1) is 0 Å². The molecule has 5 rings (SSSR count). The number of hydrogen-bond acceptors (Lipinski definition) is 4. The minimum Gasteiger partial charge on any atom is -0.307 e. The zero-order valence-electron chi connectivity index (χ0n) is 19.9. The summed E-state index contributed by atoms with van der Waals surface area (Å²) in [7, 11) is 0. The molecule has 0 radical (unpaired) electrons. The maximum Gasteiger partial charge on any atom is 0.416 e. The Morgan fingerprint density at radius 2 is 1.78 bits per heavy atom. The summed E-state index contributed by atoms with van der Waals surface area (Å²) in [6, 6.07) is 10.9. The van der Waals surface area contributed by atoms with Crippen molar-refractivity contribution in [2.24, 2.45) is 0 Å². The Labute approximate surface area is 216 Å². The number of halogens is 4. The van der Waals surface area contributed by atoms with E-state index in [1.165, 1.54) is 18.6 Å².